The van der Waals surface area contributed by atoms with Crippen LogP contribution >= 0.6 is 0 Å². The van der Waals surface area contributed by atoms with Crippen LogP contribution in [0.5, 0.6) is 0 Å². The molecule has 1 aliphatic heterocycles. The fourth-order valence-corrected chi connectivity index (χ4v) is 3.71. The van der Waals surface area contributed by atoms with Gasteiger partial charge in [-0.1, -0.05) is 32.6 Å². The molecule has 1 saturated carbocycles. The Morgan fingerprint density at radius 1 is 1.18 bits per heavy atom. The normalized spacial score (nSPS) is 28.4. The second-order valence-electron chi connectivity index (χ2n) is 6.31. The number of nitrogens with zero attached hydrogens (tertiary/aromatic N) is 1. The van der Waals surface area contributed by atoms with Crippen LogP contribution in [0.4, 0.5) is 0 Å². The highest BCUT2D eigenvalue weighted by Gasteiger charge is 2.39. The second-order valence-corrected chi connectivity index (χ2v) is 6.31. The van der Waals surface area contributed by atoms with E-state index < -0.39 is 0 Å². The molecule has 0 radical (unpaired) electrons. The van der Waals surface area contributed by atoms with Gasteiger partial charge in [-0.3, -0.25) is 4.90 Å². The summed E-state index contributed by atoms with van der Waals surface area (Å²) in [7, 11) is 0. The van der Waals surface area contributed by atoms with Crippen molar-refractivity contribution in [3.8, 4) is 0 Å². The average molecular weight is 239 g/mol. The number of rotatable bonds is 5. The first-order valence-corrected chi connectivity index (χ1v) is 7.60. The molecule has 2 fully saturated rings. The van der Waals surface area contributed by atoms with Gasteiger partial charge in [-0.2, -0.15) is 0 Å². The van der Waals surface area contributed by atoms with Gasteiger partial charge in [0, 0.05) is 5.54 Å². The zero-order valence-electron chi connectivity index (χ0n) is 11.6. The molecule has 1 saturated heterocycles. The first-order valence-electron chi connectivity index (χ1n) is 7.60. The fourth-order valence-electron chi connectivity index (χ4n) is 3.71. The van der Waals surface area contributed by atoms with Crippen molar-refractivity contribution < 1.29 is 5.11 Å². The van der Waals surface area contributed by atoms with Gasteiger partial charge in [-0.25, -0.2) is 0 Å². The summed E-state index contributed by atoms with van der Waals surface area (Å²) in [6.07, 6.45) is 10.0. The fraction of sp³-hybridized carbons (Fsp3) is 1.00. The molecule has 2 nitrogen and oxygen atoms in total. The van der Waals surface area contributed by atoms with Gasteiger partial charge in [0.05, 0.1) is 6.10 Å². The minimum absolute atomic E-state index is 0.0269. The minimum Gasteiger partial charge on any atom is -0.391 e. The lowest BCUT2D eigenvalue weighted by molar-refractivity contribution is -0.0245. The van der Waals surface area contributed by atoms with E-state index in [0.717, 1.165) is 18.8 Å². The number of aliphatic hydroxyl groups is 1. The largest absolute Gasteiger partial charge is 0.391 e. The molecule has 1 heterocycles. The Kier molecular flexibility index (Phi) is 4.48. The van der Waals surface area contributed by atoms with Gasteiger partial charge >= 0.3 is 0 Å². The van der Waals surface area contributed by atoms with E-state index in [4.69, 9.17) is 0 Å². The summed E-state index contributed by atoms with van der Waals surface area (Å²) in [5, 5.41) is 10.6. The molecule has 0 spiro atoms. The zero-order chi connectivity index (χ0) is 12.3. The highest BCUT2D eigenvalue weighted by atomic mass is 16.3. The van der Waals surface area contributed by atoms with E-state index in [9.17, 15) is 5.11 Å². The molecule has 2 heteroatoms. The molecule has 17 heavy (non-hydrogen) atoms. The quantitative estimate of drug-likeness (QED) is 0.796. The lowest BCUT2D eigenvalue weighted by atomic mass is 9.83. The van der Waals surface area contributed by atoms with Crippen LogP contribution in [0, 0.1) is 5.92 Å². The summed E-state index contributed by atoms with van der Waals surface area (Å²) >= 11 is 0. The van der Waals surface area contributed by atoms with Crippen molar-refractivity contribution >= 4 is 0 Å². The highest BCUT2D eigenvalue weighted by molar-refractivity contribution is 4.95. The predicted octanol–water partition coefficient (Wildman–Crippen LogP) is 3.19. The van der Waals surface area contributed by atoms with E-state index >= 15 is 0 Å². The molecule has 2 unspecified atom stereocenters. The molecule has 0 amide bonds. The molecule has 2 rings (SSSR count). The third-order valence-corrected chi connectivity index (χ3v) is 5.29. The van der Waals surface area contributed by atoms with E-state index in [1.165, 1.54) is 51.6 Å². The molecule has 0 aromatic heterocycles. The molecule has 2 aliphatic rings. The number of likely N-dealkylation sites (tertiary alicyclic amines) is 1. The Morgan fingerprint density at radius 3 is 2.29 bits per heavy atom. The molecular weight excluding hydrogens is 210 g/mol. The second kappa shape index (κ2) is 5.71. The number of hydrogen-bond donors (Lipinski definition) is 1. The topological polar surface area (TPSA) is 23.5 Å². The monoisotopic (exact) mass is 239 g/mol. The Labute approximate surface area is 106 Å². The van der Waals surface area contributed by atoms with Gasteiger partial charge in [0.2, 0.25) is 0 Å². The summed E-state index contributed by atoms with van der Waals surface area (Å²) in [4.78, 5) is 2.53. The summed E-state index contributed by atoms with van der Waals surface area (Å²) < 4.78 is 0. The van der Waals surface area contributed by atoms with E-state index in [-0.39, 0.29) is 11.6 Å². The van der Waals surface area contributed by atoms with Crippen molar-refractivity contribution in [2.45, 2.75) is 76.9 Å². The van der Waals surface area contributed by atoms with Crippen molar-refractivity contribution in [1.82, 2.24) is 4.90 Å². The number of hydrogen-bond acceptors (Lipinski definition) is 2. The van der Waals surface area contributed by atoms with Gasteiger partial charge in [-0.05, 0) is 51.6 Å². The highest BCUT2D eigenvalue weighted by Crippen LogP contribution is 2.35. The Morgan fingerprint density at radius 2 is 1.76 bits per heavy atom. The van der Waals surface area contributed by atoms with Crippen molar-refractivity contribution in [3.63, 3.8) is 0 Å². The SMILES string of the molecule is CCC(C)(C(O)CC1CCCC1)N1CCCC1. The maximum absolute atomic E-state index is 10.6. The minimum atomic E-state index is -0.131. The Bertz CT molecular complexity index is 231. The van der Waals surface area contributed by atoms with Crippen molar-refractivity contribution in [2.75, 3.05) is 13.1 Å². The Hall–Kier alpha value is -0.0800. The van der Waals surface area contributed by atoms with Gasteiger partial charge in [-0.15, -0.1) is 0 Å². The lowest BCUT2D eigenvalue weighted by Gasteiger charge is -2.43. The molecule has 1 N–H and O–H groups in total. The van der Waals surface area contributed by atoms with Crippen LogP contribution in [0.25, 0.3) is 0 Å². The van der Waals surface area contributed by atoms with Crippen LogP contribution in [0.15, 0.2) is 0 Å². The van der Waals surface area contributed by atoms with Crippen LogP contribution in [-0.2, 0) is 0 Å². The molecule has 0 bridgehead atoms. The van der Waals surface area contributed by atoms with Gasteiger partial charge in [0.15, 0.2) is 0 Å². The molecule has 1 aliphatic carbocycles. The zero-order valence-corrected chi connectivity index (χ0v) is 11.6. The van der Waals surface area contributed by atoms with Crippen LogP contribution in [0.3, 0.4) is 0 Å². The van der Waals surface area contributed by atoms with Gasteiger partial charge in [0.1, 0.15) is 0 Å². The maximum Gasteiger partial charge on any atom is 0.0723 e. The smallest absolute Gasteiger partial charge is 0.0723 e. The lowest BCUT2D eigenvalue weighted by Crippen LogP contribution is -2.53. The molecule has 0 aromatic rings. The average Bonchev–Trinajstić information content (AvgIpc) is 3.00. The molecule has 0 aromatic carbocycles. The van der Waals surface area contributed by atoms with Crippen molar-refractivity contribution in [3.05, 3.63) is 0 Å². The summed E-state index contributed by atoms with van der Waals surface area (Å²) in [5.74, 6) is 0.790. The standard InChI is InChI=1S/C15H29NO/c1-3-15(2,16-10-6-7-11-16)14(17)12-13-8-4-5-9-13/h13-14,17H,3-12H2,1-2H3. The Balaban J connectivity index is 1.94. The predicted molar refractivity (Wildman–Crippen MR) is 72.1 cm³/mol. The van der Waals surface area contributed by atoms with Crippen LogP contribution in [0.1, 0.15) is 65.2 Å². The first kappa shape index (κ1) is 13.4. The van der Waals surface area contributed by atoms with E-state index in [2.05, 4.69) is 18.7 Å². The van der Waals surface area contributed by atoms with E-state index in [1.54, 1.807) is 0 Å². The third kappa shape index (κ3) is 2.85. The molecular formula is C15H29NO. The van der Waals surface area contributed by atoms with Crippen molar-refractivity contribution in [1.29, 1.82) is 0 Å². The molecule has 2 atom stereocenters. The first-order chi connectivity index (χ1) is 8.16. The van der Waals surface area contributed by atoms with Crippen molar-refractivity contribution in [2.24, 2.45) is 5.92 Å². The molecule has 100 valence electrons. The summed E-state index contributed by atoms with van der Waals surface area (Å²) in [6.45, 7) is 6.88. The van der Waals surface area contributed by atoms with Gasteiger partial charge < -0.3 is 5.11 Å². The summed E-state index contributed by atoms with van der Waals surface area (Å²) in [5.41, 5.74) is 0.0269. The number of aliphatic hydroxyl groups excluding tert-OH is 1. The van der Waals surface area contributed by atoms with Gasteiger partial charge in [0.25, 0.3) is 0 Å². The van der Waals surface area contributed by atoms with E-state index in [0.29, 0.717) is 0 Å². The van der Waals surface area contributed by atoms with Crippen LogP contribution in [-0.4, -0.2) is 34.7 Å². The van der Waals surface area contributed by atoms with Crippen LogP contribution in [0.2, 0.25) is 0 Å². The maximum atomic E-state index is 10.6. The van der Waals surface area contributed by atoms with Crippen LogP contribution < -0.4 is 0 Å². The summed E-state index contributed by atoms with van der Waals surface area (Å²) in [6, 6.07) is 0. The third-order valence-electron chi connectivity index (χ3n) is 5.29. The van der Waals surface area contributed by atoms with E-state index in [1.807, 2.05) is 0 Å².